The highest BCUT2D eigenvalue weighted by molar-refractivity contribution is 7.98. The lowest BCUT2D eigenvalue weighted by molar-refractivity contribution is -0.136. The highest BCUT2D eigenvalue weighted by Gasteiger charge is 2.55. The largest absolute Gasteiger partial charge is 0.390 e. The van der Waals surface area contributed by atoms with Crippen LogP contribution in [0.2, 0.25) is 0 Å². The summed E-state index contributed by atoms with van der Waals surface area (Å²) in [4.78, 5) is 22.1. The molecule has 27 heavy (non-hydrogen) atoms. The van der Waals surface area contributed by atoms with Gasteiger partial charge in [0.05, 0.1) is 16.9 Å². The quantitative estimate of drug-likeness (QED) is 0.608. The van der Waals surface area contributed by atoms with E-state index in [0.29, 0.717) is 28.5 Å². The van der Waals surface area contributed by atoms with Gasteiger partial charge >= 0.3 is 0 Å². The van der Waals surface area contributed by atoms with E-state index in [4.69, 9.17) is 4.74 Å². The first kappa shape index (κ1) is 17.9. The van der Waals surface area contributed by atoms with E-state index >= 15 is 0 Å². The molecule has 5 fully saturated rings. The molecule has 2 heterocycles. The van der Waals surface area contributed by atoms with E-state index in [1.807, 2.05) is 6.26 Å². The molecule has 1 amide bonds. The Hall–Kier alpha value is -1.18. The minimum atomic E-state index is -0.482. The highest BCUT2D eigenvalue weighted by Crippen LogP contribution is 2.55. The molecule has 2 unspecified atom stereocenters. The van der Waals surface area contributed by atoms with Gasteiger partial charge < -0.3 is 15.2 Å². The van der Waals surface area contributed by atoms with Gasteiger partial charge in [0.15, 0.2) is 5.16 Å². The third-order valence-electron chi connectivity index (χ3n) is 7.00. The monoisotopic (exact) mass is 389 g/mol. The number of thioether (sulfide) groups is 1. The number of hydrogen-bond acceptors (Lipinski definition) is 6. The fourth-order valence-corrected chi connectivity index (χ4v) is 6.48. The first-order valence-corrected chi connectivity index (χ1v) is 11.3. The smallest absolute Gasteiger partial charge is 0.255 e. The predicted molar refractivity (Wildman–Crippen MR) is 101 cm³/mol. The Morgan fingerprint density at radius 2 is 2.11 bits per heavy atom. The molecule has 2 N–H and O–H groups in total. The molecule has 4 bridgehead atoms. The van der Waals surface area contributed by atoms with Crippen molar-refractivity contribution >= 4 is 17.7 Å². The van der Waals surface area contributed by atoms with Crippen molar-refractivity contribution in [3.8, 4) is 0 Å². The van der Waals surface area contributed by atoms with E-state index in [-0.39, 0.29) is 18.1 Å². The van der Waals surface area contributed by atoms with Crippen LogP contribution in [0.25, 0.3) is 0 Å². The molecule has 146 valence electrons. The van der Waals surface area contributed by atoms with Gasteiger partial charge in [-0.15, -0.1) is 0 Å². The van der Waals surface area contributed by atoms with Gasteiger partial charge in [-0.05, 0) is 69.0 Å². The zero-order chi connectivity index (χ0) is 18.6. The van der Waals surface area contributed by atoms with E-state index in [9.17, 15) is 9.90 Å². The average Bonchev–Trinajstić information content (AvgIpc) is 3.17. The lowest BCUT2D eigenvalue weighted by atomic mass is 9.52. The molecule has 0 aromatic carbocycles. The minimum Gasteiger partial charge on any atom is -0.390 e. The molecule has 1 aromatic heterocycles. The van der Waals surface area contributed by atoms with Gasteiger partial charge in [-0.25, -0.2) is 9.97 Å². The molecule has 6 rings (SSSR count). The number of rotatable bonds is 4. The van der Waals surface area contributed by atoms with Crippen molar-refractivity contribution in [1.29, 1.82) is 0 Å². The van der Waals surface area contributed by atoms with Gasteiger partial charge in [0.25, 0.3) is 5.91 Å². The second-order valence-electron chi connectivity index (χ2n) is 8.85. The maximum Gasteiger partial charge on any atom is 0.255 e. The van der Waals surface area contributed by atoms with Gasteiger partial charge in [0.1, 0.15) is 6.10 Å². The molecule has 4 saturated carbocycles. The number of nitrogens with one attached hydrogen (secondary N) is 1. The van der Waals surface area contributed by atoms with Crippen LogP contribution in [0.3, 0.4) is 0 Å². The van der Waals surface area contributed by atoms with Crippen LogP contribution in [0.5, 0.6) is 0 Å². The summed E-state index contributed by atoms with van der Waals surface area (Å²) < 4.78 is 5.81. The summed E-state index contributed by atoms with van der Waals surface area (Å²) in [6.07, 6.45) is 10.2. The Kier molecular flexibility index (Phi) is 4.44. The van der Waals surface area contributed by atoms with E-state index in [1.54, 1.807) is 6.20 Å². The average molecular weight is 390 g/mol. The zero-order valence-corrected chi connectivity index (χ0v) is 16.5. The molecule has 1 saturated heterocycles. The summed E-state index contributed by atoms with van der Waals surface area (Å²) in [5.41, 5.74) is 0.794. The van der Waals surface area contributed by atoms with Crippen molar-refractivity contribution in [2.24, 2.45) is 17.8 Å². The van der Waals surface area contributed by atoms with Gasteiger partial charge in [0, 0.05) is 18.8 Å². The molecule has 0 spiro atoms. The van der Waals surface area contributed by atoms with Crippen molar-refractivity contribution < 1.29 is 14.6 Å². The SMILES string of the molecule is CSc1ncc(C(=O)N[C@H]2C3CC4CC2C[C@@](O)(C4)C3)c([C@H]2CCCO2)n1. The Bertz CT molecular complexity index is 736. The Balaban J connectivity index is 1.38. The normalized spacial score (nSPS) is 39.7. The highest BCUT2D eigenvalue weighted by atomic mass is 32.2. The fraction of sp³-hybridized carbons (Fsp3) is 0.750. The molecule has 4 aliphatic carbocycles. The van der Waals surface area contributed by atoms with Gasteiger partial charge in [-0.3, -0.25) is 4.79 Å². The van der Waals surface area contributed by atoms with Crippen LogP contribution < -0.4 is 5.32 Å². The minimum absolute atomic E-state index is 0.0855. The number of carbonyl (C=O) groups is 1. The number of nitrogens with zero attached hydrogens (tertiary/aromatic N) is 2. The first-order valence-electron chi connectivity index (χ1n) is 10.1. The number of aliphatic hydroxyl groups is 1. The third kappa shape index (κ3) is 3.17. The lowest BCUT2D eigenvalue weighted by Gasteiger charge is -2.58. The maximum atomic E-state index is 13.2. The topological polar surface area (TPSA) is 84.3 Å². The van der Waals surface area contributed by atoms with Crippen LogP contribution in [0.15, 0.2) is 11.4 Å². The van der Waals surface area contributed by atoms with Crippen LogP contribution >= 0.6 is 11.8 Å². The van der Waals surface area contributed by atoms with E-state index in [0.717, 1.165) is 57.2 Å². The molecule has 3 atom stereocenters. The number of hydrogen-bond donors (Lipinski definition) is 2. The zero-order valence-electron chi connectivity index (χ0n) is 15.7. The number of aromatic nitrogens is 2. The van der Waals surface area contributed by atoms with E-state index < -0.39 is 5.60 Å². The van der Waals surface area contributed by atoms with E-state index in [1.165, 1.54) is 11.8 Å². The van der Waals surface area contributed by atoms with Crippen LogP contribution in [-0.4, -0.2) is 45.5 Å². The summed E-state index contributed by atoms with van der Waals surface area (Å²) in [5.74, 6) is 1.33. The summed E-state index contributed by atoms with van der Waals surface area (Å²) in [5, 5.41) is 14.7. The van der Waals surface area contributed by atoms with Gasteiger partial charge in [0.2, 0.25) is 0 Å². The van der Waals surface area contributed by atoms with Crippen molar-refractivity contribution in [1.82, 2.24) is 15.3 Å². The van der Waals surface area contributed by atoms with Gasteiger partial charge in [-0.1, -0.05) is 11.8 Å². The Morgan fingerprint density at radius 1 is 1.33 bits per heavy atom. The predicted octanol–water partition coefficient (Wildman–Crippen LogP) is 2.72. The summed E-state index contributed by atoms with van der Waals surface area (Å²) in [6.45, 7) is 0.719. The summed E-state index contributed by atoms with van der Waals surface area (Å²) >= 11 is 1.48. The number of ether oxygens (including phenoxy) is 1. The molecule has 1 aromatic rings. The van der Waals surface area contributed by atoms with Crippen LogP contribution in [-0.2, 0) is 4.74 Å². The van der Waals surface area contributed by atoms with E-state index in [2.05, 4.69) is 15.3 Å². The summed E-state index contributed by atoms with van der Waals surface area (Å²) in [6, 6.07) is 0.159. The number of amides is 1. The first-order chi connectivity index (χ1) is 13.0. The van der Waals surface area contributed by atoms with Crippen molar-refractivity contribution in [2.75, 3.05) is 12.9 Å². The Labute approximate surface area is 163 Å². The van der Waals surface area contributed by atoms with Crippen LogP contribution in [0.1, 0.15) is 67.1 Å². The lowest BCUT2D eigenvalue weighted by Crippen LogP contribution is -2.61. The van der Waals surface area contributed by atoms with Crippen molar-refractivity contribution in [2.45, 2.75) is 67.8 Å². The third-order valence-corrected chi connectivity index (χ3v) is 7.56. The second-order valence-corrected chi connectivity index (χ2v) is 9.62. The van der Waals surface area contributed by atoms with Crippen molar-refractivity contribution in [3.05, 3.63) is 17.5 Å². The summed E-state index contributed by atoms with van der Waals surface area (Å²) in [7, 11) is 0. The van der Waals surface area contributed by atoms with Crippen LogP contribution in [0.4, 0.5) is 0 Å². The fourth-order valence-electron chi connectivity index (χ4n) is 6.14. The van der Waals surface area contributed by atoms with Crippen LogP contribution in [0, 0.1) is 17.8 Å². The maximum absolute atomic E-state index is 13.2. The standard InChI is InChI=1S/C20H27N3O3S/c1-27-19-21-10-14(17(23-19)15-3-2-4-26-15)18(24)22-16-12-5-11-6-13(16)9-20(25,7-11)8-12/h10-13,15-16,25H,2-9H2,1H3,(H,22,24)/t11?,12?,13?,15-,16-,20+/m1/s1. The number of carbonyl (C=O) groups excluding carboxylic acids is 1. The van der Waals surface area contributed by atoms with Gasteiger partial charge in [-0.2, -0.15) is 0 Å². The van der Waals surface area contributed by atoms with Crippen molar-refractivity contribution in [3.63, 3.8) is 0 Å². The molecule has 7 heteroatoms. The molecule has 5 aliphatic rings. The second kappa shape index (κ2) is 6.71. The molecule has 6 nitrogen and oxygen atoms in total. The molecular weight excluding hydrogens is 362 g/mol. The molecule has 0 radical (unpaired) electrons. The molecule has 1 aliphatic heterocycles. The molecular formula is C20H27N3O3S. The Morgan fingerprint density at radius 3 is 2.74 bits per heavy atom.